The first kappa shape index (κ1) is 11.2. The Morgan fingerprint density at radius 3 is 1.87 bits per heavy atom. The van der Waals surface area contributed by atoms with Gasteiger partial charge < -0.3 is 0 Å². The van der Waals surface area contributed by atoms with Gasteiger partial charge in [0, 0.05) is 12.8 Å². The van der Waals surface area contributed by atoms with Crippen LogP contribution in [0.4, 0.5) is 0 Å². The maximum Gasteiger partial charge on any atom is 0.227 e. The third kappa shape index (κ3) is 4.22. The lowest BCUT2D eigenvalue weighted by molar-refractivity contribution is -0.124. The highest BCUT2D eigenvalue weighted by Crippen LogP contribution is 1.97. The fourth-order valence-electron chi connectivity index (χ4n) is 1.10. The number of hydrogen-bond acceptors (Lipinski definition) is 2. The summed E-state index contributed by atoms with van der Waals surface area (Å²) in [5.41, 5.74) is 1.17. The highest BCUT2D eigenvalue weighted by atomic mass is 16.2. The Hall–Kier alpha value is -1.90. The van der Waals surface area contributed by atoms with Gasteiger partial charge in [-0.2, -0.15) is 0 Å². The normalized spacial score (nSPS) is 13.9. The minimum atomic E-state index is -0.148. The Kier molecular flexibility index (Phi) is 4.29. The van der Waals surface area contributed by atoms with Crippen molar-refractivity contribution in [2.45, 2.75) is 12.8 Å². The number of nitrogens with one attached hydrogen (secondary N) is 1. The Morgan fingerprint density at radius 2 is 1.60 bits per heavy atom. The van der Waals surface area contributed by atoms with Crippen molar-refractivity contribution < 1.29 is 9.59 Å². The number of benzene rings is 1. The van der Waals surface area contributed by atoms with E-state index in [-0.39, 0.29) is 11.8 Å². The minimum Gasteiger partial charge on any atom is -0.296 e. The fourth-order valence-corrected chi connectivity index (χ4v) is 1.10. The molecular formula is C12H13NO2. The summed E-state index contributed by atoms with van der Waals surface area (Å²) in [5.74, 6) is -0.296. The second-order valence-corrected chi connectivity index (χ2v) is 3.09. The van der Waals surface area contributed by atoms with Gasteiger partial charge in [-0.05, 0) is 5.56 Å². The van der Waals surface area contributed by atoms with Crippen LogP contribution in [-0.2, 0) is 9.59 Å². The van der Waals surface area contributed by atoms with Crippen LogP contribution in [0.25, 0.3) is 6.08 Å². The molecule has 0 saturated carbocycles. The van der Waals surface area contributed by atoms with E-state index in [0.29, 0.717) is 12.8 Å². The van der Waals surface area contributed by atoms with Gasteiger partial charge in [-0.15, -0.1) is 0 Å². The summed E-state index contributed by atoms with van der Waals surface area (Å²) in [4.78, 5) is 20.2. The number of carbonyl (C=O) groups excluding carboxylic acids is 2. The maximum atomic E-state index is 10.1. The molecule has 1 saturated heterocycles. The zero-order valence-corrected chi connectivity index (χ0v) is 8.40. The van der Waals surface area contributed by atoms with Crippen molar-refractivity contribution in [3.63, 3.8) is 0 Å². The van der Waals surface area contributed by atoms with E-state index < -0.39 is 0 Å². The lowest BCUT2D eigenvalue weighted by Gasteiger charge is -1.85. The monoisotopic (exact) mass is 203 g/mol. The third-order valence-electron chi connectivity index (χ3n) is 1.89. The second-order valence-electron chi connectivity index (χ2n) is 3.09. The van der Waals surface area contributed by atoms with E-state index in [1.165, 1.54) is 5.56 Å². The molecule has 15 heavy (non-hydrogen) atoms. The third-order valence-corrected chi connectivity index (χ3v) is 1.89. The molecule has 3 heteroatoms. The van der Waals surface area contributed by atoms with Crippen LogP contribution in [0.5, 0.6) is 0 Å². The summed E-state index contributed by atoms with van der Waals surface area (Å²) in [5, 5.41) is 2.14. The van der Waals surface area contributed by atoms with E-state index in [2.05, 4.69) is 11.9 Å². The largest absolute Gasteiger partial charge is 0.296 e. The van der Waals surface area contributed by atoms with E-state index in [1.54, 1.807) is 0 Å². The van der Waals surface area contributed by atoms with Crippen LogP contribution in [-0.4, -0.2) is 11.8 Å². The zero-order valence-electron chi connectivity index (χ0n) is 8.40. The van der Waals surface area contributed by atoms with Gasteiger partial charge in [0.05, 0.1) is 0 Å². The topological polar surface area (TPSA) is 46.2 Å². The van der Waals surface area contributed by atoms with Crippen molar-refractivity contribution in [1.29, 1.82) is 0 Å². The van der Waals surface area contributed by atoms with E-state index in [0.717, 1.165) is 0 Å². The number of amides is 2. The molecule has 2 amide bonds. The molecule has 0 unspecified atom stereocenters. The molecule has 3 nitrogen and oxygen atoms in total. The van der Waals surface area contributed by atoms with E-state index >= 15 is 0 Å². The Balaban J connectivity index is 0.000000151. The average Bonchev–Trinajstić information content (AvgIpc) is 2.65. The van der Waals surface area contributed by atoms with Gasteiger partial charge in [0.15, 0.2) is 0 Å². The number of rotatable bonds is 1. The van der Waals surface area contributed by atoms with Crippen LogP contribution < -0.4 is 5.32 Å². The first-order chi connectivity index (χ1) is 7.22. The molecule has 0 bridgehead atoms. The molecule has 2 rings (SSSR count). The van der Waals surface area contributed by atoms with E-state index in [4.69, 9.17) is 0 Å². The minimum absolute atomic E-state index is 0.148. The van der Waals surface area contributed by atoms with Crippen molar-refractivity contribution in [2.75, 3.05) is 0 Å². The molecule has 1 N–H and O–H groups in total. The Labute approximate surface area is 88.8 Å². The van der Waals surface area contributed by atoms with E-state index in [9.17, 15) is 9.59 Å². The van der Waals surface area contributed by atoms with Gasteiger partial charge >= 0.3 is 0 Å². The van der Waals surface area contributed by atoms with Crippen molar-refractivity contribution in [3.8, 4) is 0 Å². The van der Waals surface area contributed by atoms with Crippen molar-refractivity contribution in [2.24, 2.45) is 0 Å². The van der Waals surface area contributed by atoms with Gasteiger partial charge in [0.2, 0.25) is 11.8 Å². The predicted molar refractivity (Wildman–Crippen MR) is 58.9 cm³/mol. The highest BCUT2D eigenvalue weighted by molar-refractivity contribution is 6.01. The maximum absolute atomic E-state index is 10.1. The van der Waals surface area contributed by atoms with Crippen molar-refractivity contribution in [3.05, 3.63) is 42.5 Å². The van der Waals surface area contributed by atoms with Crippen LogP contribution in [0.15, 0.2) is 36.9 Å². The summed E-state index contributed by atoms with van der Waals surface area (Å²) in [7, 11) is 0. The highest BCUT2D eigenvalue weighted by Gasteiger charge is 2.15. The molecule has 1 heterocycles. The van der Waals surface area contributed by atoms with Crippen LogP contribution in [0.2, 0.25) is 0 Å². The van der Waals surface area contributed by atoms with E-state index in [1.807, 2.05) is 36.4 Å². The smallest absolute Gasteiger partial charge is 0.227 e. The molecule has 1 fully saturated rings. The molecule has 0 spiro atoms. The molecule has 0 aromatic heterocycles. The van der Waals surface area contributed by atoms with Crippen LogP contribution in [0.1, 0.15) is 18.4 Å². The lowest BCUT2D eigenvalue weighted by atomic mass is 10.2. The van der Waals surface area contributed by atoms with Gasteiger partial charge in [-0.3, -0.25) is 14.9 Å². The second kappa shape index (κ2) is 5.75. The lowest BCUT2D eigenvalue weighted by Crippen LogP contribution is -2.18. The molecule has 0 atom stereocenters. The van der Waals surface area contributed by atoms with Crippen molar-refractivity contribution in [1.82, 2.24) is 5.32 Å². The van der Waals surface area contributed by atoms with Gasteiger partial charge in [-0.25, -0.2) is 0 Å². The Morgan fingerprint density at radius 1 is 1.07 bits per heavy atom. The zero-order chi connectivity index (χ0) is 11.1. The van der Waals surface area contributed by atoms with Gasteiger partial charge in [-0.1, -0.05) is 43.0 Å². The molecule has 0 radical (unpaired) electrons. The number of carbonyl (C=O) groups is 2. The fraction of sp³-hybridized carbons (Fsp3) is 0.167. The average molecular weight is 203 g/mol. The molecular weight excluding hydrogens is 190 g/mol. The number of imide groups is 1. The summed E-state index contributed by atoms with van der Waals surface area (Å²) < 4.78 is 0. The molecule has 0 aliphatic carbocycles. The van der Waals surface area contributed by atoms with Crippen LogP contribution in [0.3, 0.4) is 0 Å². The van der Waals surface area contributed by atoms with Crippen molar-refractivity contribution >= 4 is 17.9 Å². The van der Waals surface area contributed by atoms with Crippen LogP contribution in [0, 0.1) is 0 Å². The summed E-state index contributed by atoms with van der Waals surface area (Å²) >= 11 is 0. The summed E-state index contributed by atoms with van der Waals surface area (Å²) in [6, 6.07) is 10.0. The predicted octanol–water partition coefficient (Wildman–Crippen LogP) is 1.75. The number of hydrogen-bond donors (Lipinski definition) is 1. The molecule has 1 aliphatic rings. The van der Waals surface area contributed by atoms with Gasteiger partial charge in [0.1, 0.15) is 0 Å². The molecule has 1 aromatic rings. The SMILES string of the molecule is C=Cc1ccccc1.O=C1CCC(=O)N1. The summed E-state index contributed by atoms with van der Waals surface area (Å²) in [6.07, 6.45) is 2.58. The molecule has 1 aliphatic heterocycles. The standard InChI is InChI=1S/C8H8.C4H5NO2/c1-2-8-6-4-3-5-7-8;6-3-1-2-4(7)5-3/h2-7H,1H2;1-2H2,(H,5,6,7). The quantitative estimate of drug-likeness (QED) is 0.707. The first-order valence-corrected chi connectivity index (χ1v) is 4.72. The van der Waals surface area contributed by atoms with Crippen LogP contribution >= 0.6 is 0 Å². The molecule has 1 aromatic carbocycles. The Bertz CT molecular complexity index is 343. The molecule has 78 valence electrons. The van der Waals surface area contributed by atoms with Gasteiger partial charge in [0.25, 0.3) is 0 Å². The summed E-state index contributed by atoms with van der Waals surface area (Å²) in [6.45, 7) is 3.63. The first-order valence-electron chi connectivity index (χ1n) is 4.72.